The van der Waals surface area contributed by atoms with Crippen LogP contribution in [0.25, 0.3) is 32.6 Å². The fourth-order valence-corrected chi connectivity index (χ4v) is 6.48. The van der Waals surface area contributed by atoms with Gasteiger partial charge in [-0.25, -0.2) is 27.3 Å². The summed E-state index contributed by atoms with van der Waals surface area (Å²) in [6.07, 6.45) is 3.02. The minimum atomic E-state index is -3.97. The summed E-state index contributed by atoms with van der Waals surface area (Å²) in [6, 6.07) is 11.4. The highest BCUT2D eigenvalue weighted by atomic mass is 35.5. The molecule has 4 heterocycles. The van der Waals surface area contributed by atoms with Gasteiger partial charge in [0.25, 0.3) is 10.0 Å². The second-order valence-corrected chi connectivity index (χ2v) is 13.2. The Morgan fingerprint density at radius 2 is 1.92 bits per heavy atom. The van der Waals surface area contributed by atoms with E-state index < -0.39 is 10.0 Å². The first kappa shape index (κ1) is 27.0. The Morgan fingerprint density at radius 3 is 2.62 bits per heavy atom. The number of nitrogens with one attached hydrogen (secondary N) is 1. The molecule has 0 radical (unpaired) electrons. The minimum absolute atomic E-state index is 0.123. The lowest BCUT2D eigenvalue weighted by Crippen LogP contribution is -2.36. The molecule has 0 bridgehead atoms. The Labute approximate surface area is 234 Å². The quantitative estimate of drug-likeness (QED) is 0.232. The molecule has 202 valence electrons. The molecular formula is C27H26ClN5O4S2. The van der Waals surface area contributed by atoms with Crippen molar-refractivity contribution in [1.82, 2.24) is 18.9 Å². The first-order valence-corrected chi connectivity index (χ1v) is 14.7. The van der Waals surface area contributed by atoms with Gasteiger partial charge in [-0.2, -0.15) is 0 Å². The van der Waals surface area contributed by atoms with Gasteiger partial charge in [-0.1, -0.05) is 50.6 Å². The number of esters is 1. The van der Waals surface area contributed by atoms with Crippen molar-refractivity contribution in [2.75, 3.05) is 12.4 Å². The normalized spacial score (nSPS) is 13.1. The number of hydrogen-bond acceptors (Lipinski definition) is 9. The van der Waals surface area contributed by atoms with E-state index in [0.717, 1.165) is 8.67 Å². The molecule has 4 aromatic heterocycles. The molecule has 0 aliphatic rings. The molecule has 1 N–H and O–H groups in total. The summed E-state index contributed by atoms with van der Waals surface area (Å²) < 4.78 is 34.1. The number of thiophene rings is 1. The summed E-state index contributed by atoms with van der Waals surface area (Å²) in [5, 5.41) is 6.18. The van der Waals surface area contributed by atoms with Crippen LogP contribution >= 0.6 is 22.9 Å². The van der Waals surface area contributed by atoms with Crippen molar-refractivity contribution in [1.29, 1.82) is 0 Å². The predicted molar refractivity (Wildman–Crippen MR) is 154 cm³/mol. The summed E-state index contributed by atoms with van der Waals surface area (Å²) in [4.78, 5) is 26.2. The van der Waals surface area contributed by atoms with Gasteiger partial charge < -0.3 is 10.1 Å². The van der Waals surface area contributed by atoms with Crippen molar-refractivity contribution in [3.05, 3.63) is 65.3 Å². The van der Waals surface area contributed by atoms with E-state index in [2.05, 4.69) is 10.3 Å². The number of benzene rings is 1. The van der Waals surface area contributed by atoms with Crippen LogP contribution in [0.4, 0.5) is 5.82 Å². The number of hydrogen-bond donors (Lipinski definition) is 1. The fourth-order valence-electron chi connectivity index (χ4n) is 4.19. The third-order valence-electron chi connectivity index (χ3n) is 6.38. The van der Waals surface area contributed by atoms with E-state index in [1.165, 1.54) is 43.0 Å². The molecule has 9 nitrogen and oxygen atoms in total. The van der Waals surface area contributed by atoms with Gasteiger partial charge >= 0.3 is 5.97 Å². The SMILES string of the molecule is COC(=O)C[C@@H](Nc1nc(-c2cn(S(=O)(=O)c3ccccc3)c3ncc(Cl)cc23)nc2ccsc12)C(C)(C)C. The number of halogens is 1. The summed E-state index contributed by atoms with van der Waals surface area (Å²) in [6.45, 7) is 6.07. The van der Waals surface area contributed by atoms with Crippen molar-refractivity contribution in [3.63, 3.8) is 0 Å². The van der Waals surface area contributed by atoms with Crippen LogP contribution in [0.2, 0.25) is 5.02 Å². The van der Waals surface area contributed by atoms with Gasteiger partial charge in [0.05, 0.1) is 33.7 Å². The molecule has 0 fully saturated rings. The molecule has 1 aromatic carbocycles. The number of fused-ring (bicyclic) bond motifs is 2. The van der Waals surface area contributed by atoms with E-state index in [9.17, 15) is 13.2 Å². The molecule has 0 amide bonds. The Hall–Kier alpha value is -3.54. The number of methoxy groups -OCH3 is 1. The first-order chi connectivity index (χ1) is 18.5. The lowest BCUT2D eigenvalue weighted by atomic mass is 9.84. The van der Waals surface area contributed by atoms with Gasteiger partial charge in [0, 0.05) is 29.4 Å². The molecule has 0 aliphatic heterocycles. The van der Waals surface area contributed by atoms with Crippen LogP contribution in [-0.2, 0) is 19.6 Å². The summed E-state index contributed by atoms with van der Waals surface area (Å²) in [5.41, 5.74) is 1.04. The van der Waals surface area contributed by atoms with Crippen LogP contribution in [0.1, 0.15) is 27.2 Å². The largest absolute Gasteiger partial charge is 0.469 e. The summed E-state index contributed by atoms with van der Waals surface area (Å²) in [5.74, 6) is 0.495. The summed E-state index contributed by atoms with van der Waals surface area (Å²) >= 11 is 7.76. The zero-order chi connectivity index (χ0) is 27.9. The molecule has 0 saturated carbocycles. The average Bonchev–Trinajstić information content (AvgIpc) is 3.53. The van der Waals surface area contributed by atoms with Gasteiger partial charge in [-0.05, 0) is 35.1 Å². The minimum Gasteiger partial charge on any atom is -0.469 e. The van der Waals surface area contributed by atoms with Gasteiger partial charge in [0.1, 0.15) is 5.82 Å². The molecule has 12 heteroatoms. The smallest absolute Gasteiger partial charge is 0.307 e. The van der Waals surface area contributed by atoms with Crippen LogP contribution in [0.15, 0.2) is 65.1 Å². The number of carbonyl (C=O) groups is 1. The molecule has 0 spiro atoms. The monoisotopic (exact) mass is 583 g/mol. The van der Waals surface area contributed by atoms with E-state index in [1.807, 2.05) is 32.2 Å². The maximum atomic E-state index is 13.6. The molecule has 39 heavy (non-hydrogen) atoms. The molecular weight excluding hydrogens is 558 g/mol. The number of ether oxygens (including phenoxy) is 1. The number of pyridine rings is 1. The van der Waals surface area contributed by atoms with Crippen LogP contribution in [-0.4, -0.2) is 46.5 Å². The van der Waals surface area contributed by atoms with Gasteiger partial charge in [0.2, 0.25) is 0 Å². The lowest BCUT2D eigenvalue weighted by molar-refractivity contribution is -0.141. The number of anilines is 1. The Bertz CT molecular complexity index is 1790. The number of aromatic nitrogens is 4. The number of nitrogens with zero attached hydrogens (tertiary/aromatic N) is 4. The maximum Gasteiger partial charge on any atom is 0.307 e. The fraction of sp³-hybridized carbons (Fsp3) is 0.259. The predicted octanol–water partition coefficient (Wildman–Crippen LogP) is 5.99. The van der Waals surface area contributed by atoms with Crippen LogP contribution in [0, 0.1) is 5.41 Å². The van der Waals surface area contributed by atoms with Gasteiger partial charge in [0.15, 0.2) is 11.5 Å². The Balaban J connectivity index is 1.70. The highest BCUT2D eigenvalue weighted by Crippen LogP contribution is 2.36. The molecule has 0 saturated heterocycles. The second kappa shape index (κ2) is 10.2. The van der Waals surface area contributed by atoms with E-state index in [4.69, 9.17) is 26.3 Å². The zero-order valence-electron chi connectivity index (χ0n) is 21.7. The van der Waals surface area contributed by atoms with E-state index >= 15 is 0 Å². The van der Waals surface area contributed by atoms with Crippen LogP contribution < -0.4 is 5.32 Å². The number of rotatable bonds is 7. The molecule has 1 atom stereocenters. The van der Waals surface area contributed by atoms with Crippen molar-refractivity contribution >= 4 is 66.0 Å². The third kappa shape index (κ3) is 5.21. The molecule has 0 unspecified atom stereocenters. The van der Waals surface area contributed by atoms with Gasteiger partial charge in [-0.15, -0.1) is 11.3 Å². The van der Waals surface area contributed by atoms with Crippen molar-refractivity contribution in [3.8, 4) is 11.4 Å². The molecule has 5 aromatic rings. The Morgan fingerprint density at radius 1 is 1.18 bits per heavy atom. The van der Waals surface area contributed by atoms with Crippen LogP contribution in [0.5, 0.6) is 0 Å². The van der Waals surface area contributed by atoms with Crippen molar-refractivity contribution < 1.29 is 17.9 Å². The number of carbonyl (C=O) groups excluding carboxylic acids is 1. The zero-order valence-corrected chi connectivity index (χ0v) is 24.1. The van der Waals surface area contributed by atoms with E-state index in [0.29, 0.717) is 33.1 Å². The standard InChI is InChI=1S/C27H26ClN5O4S2/c1-27(2,3)21(13-22(34)37-4)31-25-23-20(10-11-38-23)30-24(32-25)19-15-33(26-18(19)12-16(28)14-29-26)39(35,36)17-8-6-5-7-9-17/h5-12,14-15,21H,13H2,1-4H3,(H,30,31,32)/t21-/m1/s1. The lowest BCUT2D eigenvalue weighted by Gasteiger charge is -2.31. The molecule has 0 aliphatic carbocycles. The van der Waals surface area contributed by atoms with Crippen molar-refractivity contribution in [2.24, 2.45) is 5.41 Å². The third-order valence-corrected chi connectivity index (χ3v) is 9.16. The van der Waals surface area contributed by atoms with E-state index in [-0.39, 0.29) is 34.4 Å². The summed E-state index contributed by atoms with van der Waals surface area (Å²) in [7, 11) is -2.61. The van der Waals surface area contributed by atoms with Crippen LogP contribution in [0.3, 0.4) is 0 Å². The van der Waals surface area contributed by atoms with Gasteiger partial charge in [-0.3, -0.25) is 4.79 Å². The molecule has 5 rings (SSSR count). The first-order valence-electron chi connectivity index (χ1n) is 12.0. The van der Waals surface area contributed by atoms with E-state index in [1.54, 1.807) is 24.3 Å². The second-order valence-electron chi connectivity index (χ2n) is 10.1. The Kier molecular flexibility index (Phi) is 7.08. The maximum absolute atomic E-state index is 13.6. The highest BCUT2D eigenvalue weighted by Gasteiger charge is 2.30. The topological polar surface area (TPSA) is 116 Å². The average molecular weight is 584 g/mol. The van der Waals surface area contributed by atoms with Crippen molar-refractivity contribution in [2.45, 2.75) is 38.1 Å². The highest BCUT2D eigenvalue weighted by molar-refractivity contribution is 7.90.